The van der Waals surface area contributed by atoms with Crippen LogP contribution in [-0.2, 0) is 6.42 Å². The number of rotatable bonds is 5. The van der Waals surface area contributed by atoms with E-state index in [1.165, 1.54) is 17.0 Å². The summed E-state index contributed by atoms with van der Waals surface area (Å²) in [5, 5.41) is 7.31. The van der Waals surface area contributed by atoms with Gasteiger partial charge in [-0.25, -0.2) is 4.98 Å². The minimum Gasteiger partial charge on any atom is -0.463 e. The van der Waals surface area contributed by atoms with Crippen LogP contribution < -0.4 is 10.9 Å². The minimum absolute atomic E-state index is 0.203. The van der Waals surface area contributed by atoms with Crippen molar-refractivity contribution >= 4 is 27.7 Å². The first-order valence-corrected chi connectivity index (χ1v) is 9.65. The molecule has 0 aliphatic heterocycles. The smallest absolute Gasteiger partial charge is 0.257 e. The van der Waals surface area contributed by atoms with Crippen molar-refractivity contribution in [2.75, 3.05) is 5.32 Å². The Balaban J connectivity index is 1.80. The Labute approximate surface area is 173 Å². The van der Waals surface area contributed by atoms with Gasteiger partial charge in [0.25, 0.3) is 11.5 Å². The number of halogens is 1. The topological polar surface area (TPSA) is 106 Å². The number of aryl methyl sites for hydroxylation is 1. The number of hydrogen-bond acceptors (Lipinski definition) is 5. The summed E-state index contributed by atoms with van der Waals surface area (Å²) in [4.78, 5) is 31.9. The van der Waals surface area contributed by atoms with Crippen molar-refractivity contribution in [2.24, 2.45) is 0 Å². The highest BCUT2D eigenvalue weighted by molar-refractivity contribution is 9.10. The predicted molar refractivity (Wildman–Crippen MR) is 111 cm³/mol. The van der Waals surface area contributed by atoms with Gasteiger partial charge in [0, 0.05) is 22.3 Å². The molecular weight excluding hydrogens is 438 g/mol. The summed E-state index contributed by atoms with van der Waals surface area (Å²) in [6.07, 6.45) is 2.12. The van der Waals surface area contributed by atoms with Crippen LogP contribution in [0.1, 0.15) is 23.0 Å². The number of amides is 1. The Hall–Kier alpha value is -3.46. The Morgan fingerprint density at radius 3 is 2.79 bits per heavy atom. The number of nitrogens with zero attached hydrogens (tertiary/aromatic N) is 3. The minimum atomic E-state index is -0.335. The molecule has 3 heterocycles. The predicted octanol–water partition coefficient (Wildman–Crippen LogP) is 3.79. The van der Waals surface area contributed by atoms with E-state index in [2.05, 4.69) is 36.3 Å². The molecule has 4 aromatic rings. The molecule has 0 bridgehead atoms. The third-order valence-electron chi connectivity index (χ3n) is 4.19. The van der Waals surface area contributed by atoms with Crippen LogP contribution >= 0.6 is 15.9 Å². The Bertz CT molecular complexity index is 1230. The Kier molecular flexibility index (Phi) is 5.13. The fraction of sp³-hybridized carbons (Fsp3) is 0.100. The summed E-state index contributed by atoms with van der Waals surface area (Å²) in [5.74, 6) is 0.732. The van der Waals surface area contributed by atoms with Gasteiger partial charge in [0.05, 0.1) is 11.8 Å². The van der Waals surface area contributed by atoms with Gasteiger partial charge in [-0.2, -0.15) is 9.78 Å². The number of aromatic amines is 1. The number of benzene rings is 1. The highest BCUT2D eigenvalue weighted by atomic mass is 79.9. The second-order valence-corrected chi connectivity index (χ2v) is 7.01. The maximum absolute atomic E-state index is 12.8. The quantitative estimate of drug-likeness (QED) is 0.477. The third-order valence-corrected chi connectivity index (χ3v) is 4.88. The van der Waals surface area contributed by atoms with Crippen molar-refractivity contribution in [3.05, 3.63) is 80.9 Å². The van der Waals surface area contributed by atoms with E-state index in [9.17, 15) is 9.59 Å². The van der Waals surface area contributed by atoms with E-state index in [0.29, 0.717) is 39.4 Å². The average molecular weight is 454 g/mol. The van der Waals surface area contributed by atoms with Gasteiger partial charge in [-0.05, 0) is 46.6 Å². The molecule has 0 saturated heterocycles. The normalized spacial score (nSPS) is 10.8. The maximum atomic E-state index is 12.8. The molecule has 0 fully saturated rings. The van der Waals surface area contributed by atoms with E-state index in [-0.39, 0.29) is 17.4 Å². The fourth-order valence-corrected chi connectivity index (χ4v) is 3.25. The monoisotopic (exact) mass is 453 g/mol. The molecule has 29 heavy (non-hydrogen) atoms. The fourth-order valence-electron chi connectivity index (χ4n) is 2.78. The molecule has 1 aromatic carbocycles. The lowest BCUT2D eigenvalue weighted by atomic mass is 10.2. The molecule has 0 aliphatic rings. The van der Waals surface area contributed by atoms with Gasteiger partial charge in [-0.3, -0.25) is 14.6 Å². The second kappa shape index (κ2) is 7.88. The van der Waals surface area contributed by atoms with E-state index >= 15 is 0 Å². The van der Waals surface area contributed by atoms with Gasteiger partial charge >= 0.3 is 0 Å². The number of carbonyl (C=O) groups is 1. The lowest BCUT2D eigenvalue weighted by Gasteiger charge is -2.09. The molecule has 2 N–H and O–H groups in total. The first-order chi connectivity index (χ1) is 14.0. The van der Waals surface area contributed by atoms with Crippen molar-refractivity contribution in [3.63, 3.8) is 0 Å². The number of aromatic nitrogens is 4. The molecule has 0 saturated carbocycles. The van der Waals surface area contributed by atoms with Crippen LogP contribution in [0.4, 0.5) is 5.82 Å². The van der Waals surface area contributed by atoms with E-state index < -0.39 is 0 Å². The molecule has 0 aliphatic carbocycles. The number of furan rings is 1. The van der Waals surface area contributed by atoms with Crippen LogP contribution in [0.5, 0.6) is 0 Å². The molecular formula is C20H16BrN5O3. The van der Waals surface area contributed by atoms with Gasteiger partial charge in [0.2, 0.25) is 5.95 Å². The summed E-state index contributed by atoms with van der Waals surface area (Å²) >= 11 is 3.38. The van der Waals surface area contributed by atoms with Crippen LogP contribution in [0.3, 0.4) is 0 Å². The molecule has 0 spiro atoms. The Morgan fingerprint density at radius 2 is 2.07 bits per heavy atom. The number of anilines is 1. The van der Waals surface area contributed by atoms with E-state index in [4.69, 9.17) is 4.42 Å². The first-order valence-electron chi connectivity index (χ1n) is 8.85. The summed E-state index contributed by atoms with van der Waals surface area (Å²) in [6.45, 7) is 1.90. The zero-order chi connectivity index (χ0) is 20.4. The second-order valence-electron chi connectivity index (χ2n) is 6.15. The largest absolute Gasteiger partial charge is 0.463 e. The zero-order valence-electron chi connectivity index (χ0n) is 15.3. The van der Waals surface area contributed by atoms with Crippen molar-refractivity contribution in [1.29, 1.82) is 0 Å². The molecule has 0 unspecified atom stereocenters. The Morgan fingerprint density at radius 1 is 1.24 bits per heavy atom. The van der Waals surface area contributed by atoms with Crippen molar-refractivity contribution in [2.45, 2.75) is 13.3 Å². The highest BCUT2D eigenvalue weighted by Crippen LogP contribution is 2.25. The van der Waals surface area contributed by atoms with Gasteiger partial charge in [0.1, 0.15) is 11.5 Å². The molecule has 4 rings (SSSR count). The van der Waals surface area contributed by atoms with Crippen molar-refractivity contribution in [3.8, 4) is 17.4 Å². The summed E-state index contributed by atoms with van der Waals surface area (Å²) in [7, 11) is 0. The number of nitrogens with one attached hydrogen (secondary N) is 2. The van der Waals surface area contributed by atoms with Gasteiger partial charge < -0.3 is 9.73 Å². The van der Waals surface area contributed by atoms with Gasteiger partial charge in [0.15, 0.2) is 5.76 Å². The van der Waals surface area contributed by atoms with Crippen LogP contribution in [0.25, 0.3) is 17.4 Å². The lowest BCUT2D eigenvalue weighted by molar-refractivity contribution is 0.102. The molecule has 0 atom stereocenters. The van der Waals surface area contributed by atoms with Gasteiger partial charge in [-0.1, -0.05) is 19.1 Å². The zero-order valence-corrected chi connectivity index (χ0v) is 16.9. The van der Waals surface area contributed by atoms with E-state index in [1.807, 2.05) is 13.0 Å². The lowest BCUT2D eigenvalue weighted by Crippen LogP contribution is -2.19. The summed E-state index contributed by atoms with van der Waals surface area (Å²) < 4.78 is 7.46. The average Bonchev–Trinajstić information content (AvgIpc) is 3.37. The third kappa shape index (κ3) is 3.90. The van der Waals surface area contributed by atoms with Gasteiger partial charge in [-0.15, -0.1) is 0 Å². The highest BCUT2D eigenvalue weighted by Gasteiger charge is 2.18. The van der Waals surface area contributed by atoms with E-state index in [1.54, 1.807) is 36.4 Å². The molecule has 9 heteroatoms. The SMILES string of the molecule is CCc1cc(=O)[nH]c(-n2nc(-c3ccco3)cc2NC(=O)c2ccccc2Br)n1. The van der Waals surface area contributed by atoms with Crippen molar-refractivity contribution in [1.82, 2.24) is 19.7 Å². The number of carbonyl (C=O) groups excluding carboxylic acids is 1. The summed E-state index contributed by atoms with van der Waals surface area (Å²) in [5.41, 5.74) is 1.26. The van der Waals surface area contributed by atoms with Crippen LogP contribution in [-0.4, -0.2) is 25.7 Å². The van der Waals surface area contributed by atoms with Crippen LogP contribution in [0.15, 0.2) is 68.5 Å². The van der Waals surface area contributed by atoms with Crippen LogP contribution in [0, 0.1) is 0 Å². The summed E-state index contributed by atoms with van der Waals surface area (Å²) in [6, 6.07) is 13.7. The standard InChI is InChI=1S/C20H16BrN5O3/c1-2-12-10-18(27)24-20(22-12)26-17(11-15(25-26)16-8-5-9-29-16)23-19(28)13-6-3-4-7-14(13)21/h3-11H,2H2,1H3,(H,23,28)(H,22,24,27). The molecule has 8 nitrogen and oxygen atoms in total. The maximum Gasteiger partial charge on any atom is 0.257 e. The van der Waals surface area contributed by atoms with Crippen LogP contribution in [0.2, 0.25) is 0 Å². The van der Waals surface area contributed by atoms with E-state index in [0.717, 1.165) is 0 Å². The molecule has 0 radical (unpaired) electrons. The van der Waals surface area contributed by atoms with Crippen molar-refractivity contribution < 1.29 is 9.21 Å². The number of hydrogen-bond donors (Lipinski definition) is 2. The molecule has 3 aromatic heterocycles. The first kappa shape index (κ1) is 18.9. The molecule has 1 amide bonds. The number of H-pyrrole nitrogens is 1. The molecule has 146 valence electrons.